The summed E-state index contributed by atoms with van der Waals surface area (Å²) in [5.41, 5.74) is 3.44. The van der Waals surface area contributed by atoms with Crippen molar-refractivity contribution in [1.82, 2.24) is 9.88 Å². The Morgan fingerprint density at radius 2 is 1.88 bits per heavy atom. The summed E-state index contributed by atoms with van der Waals surface area (Å²) in [7, 11) is 0. The number of pyridine rings is 1. The zero-order valence-corrected chi connectivity index (χ0v) is 22.4. The molecule has 6 rings (SSSR count). The molecular formula is C32H27ClN4O3. The van der Waals surface area contributed by atoms with Crippen LogP contribution in [0.25, 0.3) is 22.2 Å². The van der Waals surface area contributed by atoms with Gasteiger partial charge in [0.2, 0.25) is 0 Å². The fourth-order valence-electron chi connectivity index (χ4n) is 4.90. The van der Waals surface area contributed by atoms with E-state index in [1.165, 1.54) is 0 Å². The topological polar surface area (TPSA) is 94.6 Å². The number of benzene rings is 3. The second-order valence-corrected chi connectivity index (χ2v) is 10.3. The molecule has 5 aromatic rings. The lowest BCUT2D eigenvalue weighted by atomic mass is 10.1. The summed E-state index contributed by atoms with van der Waals surface area (Å²) < 4.78 is 12.0. The van der Waals surface area contributed by atoms with Crippen molar-refractivity contribution >= 4 is 33.9 Å². The molecule has 1 saturated heterocycles. The van der Waals surface area contributed by atoms with Gasteiger partial charge in [0.1, 0.15) is 29.1 Å². The number of halogens is 1. The van der Waals surface area contributed by atoms with Crippen LogP contribution in [0.3, 0.4) is 0 Å². The molecule has 8 heteroatoms. The van der Waals surface area contributed by atoms with E-state index in [1.54, 1.807) is 18.3 Å². The average Bonchev–Trinajstić information content (AvgIpc) is 3.45. The molecule has 0 unspecified atom stereocenters. The number of nitrogens with zero attached hydrogens (tertiary/aromatic N) is 3. The van der Waals surface area contributed by atoms with E-state index >= 15 is 0 Å². The van der Waals surface area contributed by atoms with Crippen molar-refractivity contribution in [3.8, 4) is 28.9 Å². The van der Waals surface area contributed by atoms with Crippen molar-refractivity contribution in [2.45, 2.75) is 25.5 Å². The summed E-state index contributed by atoms with van der Waals surface area (Å²) in [4.78, 5) is 6.84. The highest BCUT2D eigenvalue weighted by Gasteiger charge is 2.19. The van der Waals surface area contributed by atoms with Gasteiger partial charge in [-0.1, -0.05) is 35.9 Å². The maximum atomic E-state index is 9.79. The van der Waals surface area contributed by atoms with E-state index < -0.39 is 0 Å². The number of rotatable bonds is 7. The van der Waals surface area contributed by atoms with Crippen LogP contribution in [0, 0.1) is 11.3 Å². The normalized spacial score (nSPS) is 14.2. The van der Waals surface area contributed by atoms with Gasteiger partial charge in [-0.3, -0.25) is 9.88 Å². The van der Waals surface area contributed by atoms with Gasteiger partial charge in [0, 0.05) is 35.9 Å². The summed E-state index contributed by atoms with van der Waals surface area (Å²) in [6.45, 7) is 2.44. The Labute approximate surface area is 237 Å². The van der Waals surface area contributed by atoms with Crippen LogP contribution in [-0.4, -0.2) is 34.2 Å². The smallest absolute Gasteiger partial charge is 0.146 e. The van der Waals surface area contributed by atoms with Crippen molar-refractivity contribution in [1.29, 1.82) is 5.26 Å². The number of piperidine rings is 1. The van der Waals surface area contributed by atoms with Gasteiger partial charge >= 0.3 is 0 Å². The van der Waals surface area contributed by atoms with Crippen molar-refractivity contribution in [2.75, 3.05) is 18.4 Å². The third-order valence-electron chi connectivity index (χ3n) is 7.04. The molecule has 1 aliphatic rings. The second-order valence-electron chi connectivity index (χ2n) is 9.85. The van der Waals surface area contributed by atoms with Gasteiger partial charge in [0.15, 0.2) is 0 Å². The minimum atomic E-state index is -0.195. The predicted octanol–water partition coefficient (Wildman–Crippen LogP) is 7.51. The highest BCUT2D eigenvalue weighted by Crippen LogP contribution is 2.36. The monoisotopic (exact) mass is 550 g/mol. The molecule has 7 nitrogen and oxygen atoms in total. The predicted molar refractivity (Wildman–Crippen MR) is 156 cm³/mol. The summed E-state index contributed by atoms with van der Waals surface area (Å²) in [5, 5.41) is 24.2. The van der Waals surface area contributed by atoms with Gasteiger partial charge in [0.05, 0.1) is 34.4 Å². The van der Waals surface area contributed by atoms with Crippen LogP contribution in [0.2, 0.25) is 5.02 Å². The van der Waals surface area contributed by atoms with Crippen molar-refractivity contribution in [3.63, 3.8) is 0 Å². The van der Waals surface area contributed by atoms with Crippen LogP contribution >= 0.6 is 11.6 Å². The van der Waals surface area contributed by atoms with E-state index in [0.29, 0.717) is 27.8 Å². The van der Waals surface area contributed by atoms with E-state index in [2.05, 4.69) is 21.3 Å². The number of nitrogens with one attached hydrogen (secondary N) is 1. The number of para-hydroxylation sites is 1. The lowest BCUT2D eigenvalue weighted by Gasteiger charge is -2.28. The molecule has 0 radical (unpaired) electrons. The fraction of sp³-hybridized carbons (Fsp3) is 0.188. The number of hydrogen-bond acceptors (Lipinski definition) is 7. The molecule has 2 N–H and O–H groups in total. The number of hydrogen-bond donors (Lipinski definition) is 2. The fourth-order valence-corrected chi connectivity index (χ4v) is 5.12. The average molecular weight is 551 g/mol. The van der Waals surface area contributed by atoms with Crippen molar-refractivity contribution < 1.29 is 14.3 Å². The second kappa shape index (κ2) is 11.4. The summed E-state index contributed by atoms with van der Waals surface area (Å²) in [5.74, 6) is 2.88. The standard InChI is InChI=1S/C32H27ClN4O3/c33-28-17-23(7-10-31(28)39-25-4-2-1-3-5-25)36-32-22(18-34)19-35-29-16-21(6-9-27(29)32)30-11-8-26(40-30)20-37-14-12-24(38)13-15-37/h1-11,16-17,19,24,38H,12-15,20H2,(H,35,36). The largest absolute Gasteiger partial charge is 0.460 e. The molecule has 3 heterocycles. The van der Waals surface area contributed by atoms with Crippen LogP contribution in [0.5, 0.6) is 11.5 Å². The molecule has 0 spiro atoms. The van der Waals surface area contributed by atoms with Crippen molar-refractivity contribution in [3.05, 3.63) is 101 Å². The Balaban J connectivity index is 1.23. The van der Waals surface area contributed by atoms with Crippen molar-refractivity contribution in [2.24, 2.45) is 0 Å². The van der Waals surface area contributed by atoms with Gasteiger partial charge in [0.25, 0.3) is 0 Å². The number of likely N-dealkylation sites (tertiary alicyclic amines) is 1. The first-order valence-electron chi connectivity index (χ1n) is 13.2. The van der Waals surface area contributed by atoms with Crippen LogP contribution in [0.15, 0.2) is 89.5 Å². The molecule has 2 aromatic heterocycles. The Hall–Kier alpha value is -4.35. The number of aliphatic hydroxyl groups is 1. The quantitative estimate of drug-likeness (QED) is 0.216. The molecule has 1 aliphatic heterocycles. The number of nitriles is 1. The maximum absolute atomic E-state index is 9.79. The molecule has 0 amide bonds. The molecule has 0 atom stereocenters. The summed E-state index contributed by atoms with van der Waals surface area (Å²) >= 11 is 6.53. The van der Waals surface area contributed by atoms with E-state index in [9.17, 15) is 10.4 Å². The summed E-state index contributed by atoms with van der Waals surface area (Å²) in [6.07, 6.45) is 2.96. The van der Waals surface area contributed by atoms with Gasteiger partial charge in [-0.2, -0.15) is 5.26 Å². The molecule has 0 aliphatic carbocycles. The summed E-state index contributed by atoms with van der Waals surface area (Å²) in [6, 6.07) is 27.0. The first-order chi connectivity index (χ1) is 19.6. The van der Waals surface area contributed by atoms with E-state index in [4.69, 9.17) is 20.8 Å². The SMILES string of the molecule is N#Cc1cnc2cc(-c3ccc(CN4CCC(O)CC4)o3)ccc2c1Nc1ccc(Oc2ccccc2)c(Cl)c1. The van der Waals surface area contributed by atoms with Crippen LogP contribution in [0.4, 0.5) is 11.4 Å². The Morgan fingerprint density at radius 1 is 1.05 bits per heavy atom. The third kappa shape index (κ3) is 5.65. The van der Waals surface area contributed by atoms with E-state index in [-0.39, 0.29) is 6.10 Å². The van der Waals surface area contributed by atoms with Crippen LogP contribution in [-0.2, 0) is 6.54 Å². The molecule has 3 aromatic carbocycles. The highest BCUT2D eigenvalue weighted by molar-refractivity contribution is 6.32. The number of anilines is 2. The molecule has 1 fully saturated rings. The molecule has 40 heavy (non-hydrogen) atoms. The van der Waals surface area contributed by atoms with Gasteiger partial charge in [-0.05, 0) is 67.4 Å². The minimum absolute atomic E-state index is 0.195. The number of aromatic nitrogens is 1. The Bertz CT molecular complexity index is 1690. The Morgan fingerprint density at radius 3 is 2.65 bits per heavy atom. The minimum Gasteiger partial charge on any atom is -0.460 e. The molecular weight excluding hydrogens is 524 g/mol. The van der Waals surface area contributed by atoms with E-state index in [1.807, 2.05) is 66.7 Å². The zero-order valence-electron chi connectivity index (χ0n) is 21.7. The highest BCUT2D eigenvalue weighted by atomic mass is 35.5. The number of fused-ring (bicyclic) bond motifs is 1. The maximum Gasteiger partial charge on any atom is 0.146 e. The van der Waals surface area contributed by atoms with Crippen LogP contribution in [0.1, 0.15) is 24.2 Å². The Kier molecular flexibility index (Phi) is 7.39. The van der Waals surface area contributed by atoms with E-state index in [0.717, 1.165) is 66.2 Å². The first-order valence-corrected chi connectivity index (χ1v) is 13.6. The first kappa shape index (κ1) is 25.9. The number of ether oxygens (including phenoxy) is 1. The third-order valence-corrected chi connectivity index (χ3v) is 7.34. The molecule has 0 saturated carbocycles. The lowest BCUT2D eigenvalue weighted by Crippen LogP contribution is -2.35. The molecule has 200 valence electrons. The van der Waals surface area contributed by atoms with Gasteiger partial charge < -0.3 is 19.6 Å². The molecule has 0 bridgehead atoms. The zero-order chi connectivity index (χ0) is 27.5. The van der Waals surface area contributed by atoms with Crippen LogP contribution < -0.4 is 10.1 Å². The number of aliphatic hydroxyl groups excluding tert-OH is 1. The number of furan rings is 1. The van der Waals surface area contributed by atoms with Gasteiger partial charge in [-0.25, -0.2) is 0 Å². The van der Waals surface area contributed by atoms with Gasteiger partial charge in [-0.15, -0.1) is 0 Å². The lowest BCUT2D eigenvalue weighted by molar-refractivity contribution is 0.0761.